The maximum Gasteiger partial charge on any atom is 0.471 e. The van der Waals surface area contributed by atoms with E-state index in [4.69, 9.17) is 0 Å². The van der Waals surface area contributed by atoms with E-state index in [0.29, 0.717) is 12.8 Å². The van der Waals surface area contributed by atoms with Crippen molar-refractivity contribution >= 4 is 5.91 Å². The molecular weight excluding hydrogens is 331 g/mol. The van der Waals surface area contributed by atoms with Gasteiger partial charge in [0.15, 0.2) is 0 Å². The van der Waals surface area contributed by atoms with E-state index in [0.717, 1.165) is 33.6 Å². The molecule has 1 aliphatic carbocycles. The second-order valence-corrected chi connectivity index (χ2v) is 6.83. The monoisotopic (exact) mass is 349 g/mol. The largest absolute Gasteiger partial charge is 0.471 e. The minimum Gasteiger partial charge on any atom is -0.331 e. The first-order valence-electron chi connectivity index (χ1n) is 8.34. The SMILES string of the molecule is Cn1cc(-c2ccc3c(c2)C2CCCN(C(=O)C(F)(F)F)C2C3)cn1. The Balaban J connectivity index is 1.67. The molecule has 25 heavy (non-hydrogen) atoms. The number of alkyl halides is 3. The highest BCUT2D eigenvalue weighted by atomic mass is 19.4. The Kier molecular flexibility index (Phi) is 3.63. The Hall–Kier alpha value is -2.31. The van der Waals surface area contributed by atoms with Gasteiger partial charge in [-0.05, 0) is 36.0 Å². The lowest BCUT2D eigenvalue weighted by Crippen LogP contribution is -2.51. The van der Waals surface area contributed by atoms with Gasteiger partial charge in [-0.1, -0.05) is 18.2 Å². The van der Waals surface area contributed by atoms with Gasteiger partial charge in [-0.2, -0.15) is 18.3 Å². The normalized spacial score (nSPS) is 22.6. The number of carbonyl (C=O) groups excluding carboxylic acids is 1. The predicted octanol–water partition coefficient (Wildman–Crippen LogP) is 3.28. The summed E-state index contributed by atoms with van der Waals surface area (Å²) in [5.41, 5.74) is 4.11. The highest BCUT2D eigenvalue weighted by molar-refractivity contribution is 5.82. The predicted molar refractivity (Wildman–Crippen MR) is 85.9 cm³/mol. The van der Waals surface area contributed by atoms with Gasteiger partial charge < -0.3 is 4.90 Å². The lowest BCUT2D eigenvalue weighted by Gasteiger charge is -2.38. The average molecular weight is 349 g/mol. The van der Waals surface area contributed by atoms with Crippen LogP contribution in [0.25, 0.3) is 11.1 Å². The summed E-state index contributed by atoms with van der Waals surface area (Å²) in [6.07, 6.45) is 0.783. The van der Waals surface area contributed by atoms with E-state index in [1.54, 1.807) is 10.9 Å². The summed E-state index contributed by atoms with van der Waals surface area (Å²) in [6.45, 7) is 0.183. The Bertz CT molecular complexity index is 827. The van der Waals surface area contributed by atoms with Crippen LogP contribution < -0.4 is 0 Å². The van der Waals surface area contributed by atoms with Crippen LogP contribution in [-0.2, 0) is 18.3 Å². The van der Waals surface area contributed by atoms with E-state index in [9.17, 15) is 18.0 Å². The molecule has 0 N–H and O–H groups in total. The second-order valence-electron chi connectivity index (χ2n) is 6.83. The van der Waals surface area contributed by atoms with Gasteiger partial charge in [-0.25, -0.2) is 0 Å². The molecule has 0 radical (unpaired) electrons. The van der Waals surface area contributed by atoms with Gasteiger partial charge in [0.1, 0.15) is 0 Å². The number of rotatable bonds is 1. The number of benzene rings is 1. The number of hydrogen-bond acceptors (Lipinski definition) is 2. The zero-order valence-electron chi connectivity index (χ0n) is 13.8. The molecule has 1 saturated heterocycles. The average Bonchev–Trinajstić information content (AvgIpc) is 3.16. The molecule has 2 aromatic rings. The number of likely N-dealkylation sites (tertiary alicyclic amines) is 1. The molecule has 132 valence electrons. The zero-order chi connectivity index (χ0) is 17.8. The van der Waals surface area contributed by atoms with Crippen LogP contribution in [0.4, 0.5) is 13.2 Å². The van der Waals surface area contributed by atoms with Crippen molar-refractivity contribution in [3.63, 3.8) is 0 Å². The number of halogens is 3. The fraction of sp³-hybridized carbons (Fsp3) is 0.444. The van der Waals surface area contributed by atoms with Crippen LogP contribution in [0.3, 0.4) is 0 Å². The Labute approximate surface area is 143 Å². The van der Waals surface area contributed by atoms with Crippen LogP contribution >= 0.6 is 0 Å². The van der Waals surface area contributed by atoms with Gasteiger partial charge in [-0.3, -0.25) is 9.48 Å². The van der Waals surface area contributed by atoms with Crippen molar-refractivity contribution in [2.45, 2.75) is 37.4 Å². The van der Waals surface area contributed by atoms with Crippen LogP contribution in [-0.4, -0.2) is 39.4 Å². The molecule has 1 aromatic heterocycles. The fourth-order valence-electron chi connectivity index (χ4n) is 4.19. The fourth-order valence-corrected chi connectivity index (χ4v) is 4.19. The van der Waals surface area contributed by atoms with E-state index in [2.05, 4.69) is 11.2 Å². The van der Waals surface area contributed by atoms with E-state index < -0.39 is 12.1 Å². The maximum atomic E-state index is 12.9. The number of aromatic nitrogens is 2. The standard InChI is InChI=1S/C18H18F3N3O/c1-23-10-13(9-22-23)11-4-5-12-8-16-14(15(12)7-11)3-2-6-24(16)17(25)18(19,20)21/h4-5,7,9-10,14,16H,2-3,6,8H2,1H3. The molecular formula is C18H18F3N3O. The minimum absolute atomic E-state index is 0.0216. The van der Waals surface area contributed by atoms with Crippen molar-refractivity contribution in [3.05, 3.63) is 41.7 Å². The molecule has 0 spiro atoms. The third kappa shape index (κ3) is 2.71. The smallest absolute Gasteiger partial charge is 0.331 e. The summed E-state index contributed by atoms with van der Waals surface area (Å²) in [4.78, 5) is 12.8. The summed E-state index contributed by atoms with van der Waals surface area (Å²) in [5.74, 6) is -1.73. The third-order valence-electron chi connectivity index (χ3n) is 5.29. The van der Waals surface area contributed by atoms with Gasteiger partial charge in [-0.15, -0.1) is 0 Å². The molecule has 1 aromatic carbocycles. The van der Waals surface area contributed by atoms with Crippen molar-refractivity contribution in [3.8, 4) is 11.1 Å². The van der Waals surface area contributed by atoms with Gasteiger partial charge in [0.25, 0.3) is 0 Å². The van der Waals surface area contributed by atoms with Crippen LogP contribution in [0, 0.1) is 0 Å². The summed E-state index contributed by atoms with van der Waals surface area (Å²) in [7, 11) is 1.84. The first-order valence-corrected chi connectivity index (χ1v) is 8.34. The van der Waals surface area contributed by atoms with E-state index in [1.165, 1.54) is 0 Å². The molecule has 2 atom stereocenters. The Morgan fingerprint density at radius 1 is 1.28 bits per heavy atom. The maximum absolute atomic E-state index is 12.9. The Morgan fingerprint density at radius 3 is 2.76 bits per heavy atom. The molecule has 2 heterocycles. The quantitative estimate of drug-likeness (QED) is 0.792. The molecule has 0 bridgehead atoms. The molecule has 1 amide bonds. The van der Waals surface area contributed by atoms with Crippen molar-refractivity contribution in [2.24, 2.45) is 7.05 Å². The number of nitrogens with zero attached hydrogens (tertiary/aromatic N) is 3. The number of aryl methyl sites for hydroxylation is 1. The zero-order valence-corrected chi connectivity index (χ0v) is 13.8. The van der Waals surface area contributed by atoms with Crippen LogP contribution in [0.2, 0.25) is 0 Å². The lowest BCUT2D eigenvalue weighted by molar-refractivity contribution is -0.189. The number of hydrogen-bond donors (Lipinski definition) is 0. The van der Waals surface area contributed by atoms with Crippen LogP contribution in [0.1, 0.15) is 29.9 Å². The van der Waals surface area contributed by atoms with Gasteiger partial charge in [0.05, 0.1) is 6.20 Å². The number of piperidine rings is 1. The summed E-state index contributed by atoms with van der Waals surface area (Å²) in [5, 5.41) is 4.17. The van der Waals surface area contributed by atoms with Crippen molar-refractivity contribution in [1.82, 2.24) is 14.7 Å². The topological polar surface area (TPSA) is 38.1 Å². The van der Waals surface area contributed by atoms with Gasteiger partial charge in [0, 0.05) is 37.3 Å². The van der Waals surface area contributed by atoms with E-state index in [1.807, 2.05) is 25.4 Å². The second kappa shape index (κ2) is 5.61. The highest BCUT2D eigenvalue weighted by Crippen LogP contribution is 2.44. The third-order valence-corrected chi connectivity index (χ3v) is 5.29. The van der Waals surface area contributed by atoms with Gasteiger partial charge >= 0.3 is 12.1 Å². The van der Waals surface area contributed by atoms with Crippen molar-refractivity contribution < 1.29 is 18.0 Å². The summed E-state index contributed by atoms with van der Waals surface area (Å²) >= 11 is 0. The molecule has 4 rings (SSSR count). The van der Waals surface area contributed by atoms with Crippen molar-refractivity contribution in [2.75, 3.05) is 6.54 Å². The summed E-state index contributed by atoms with van der Waals surface area (Å²) < 4.78 is 40.4. The first-order chi connectivity index (χ1) is 11.8. The summed E-state index contributed by atoms with van der Waals surface area (Å²) in [6, 6.07) is 5.62. The minimum atomic E-state index is -4.81. The van der Waals surface area contributed by atoms with Crippen LogP contribution in [0.5, 0.6) is 0 Å². The molecule has 2 unspecified atom stereocenters. The highest BCUT2D eigenvalue weighted by Gasteiger charge is 2.49. The Morgan fingerprint density at radius 2 is 2.08 bits per heavy atom. The van der Waals surface area contributed by atoms with Crippen LogP contribution in [0.15, 0.2) is 30.6 Å². The molecule has 1 fully saturated rings. The molecule has 4 nitrogen and oxygen atoms in total. The van der Waals surface area contributed by atoms with E-state index in [-0.39, 0.29) is 18.5 Å². The molecule has 0 saturated carbocycles. The molecule has 2 aliphatic rings. The lowest BCUT2D eigenvalue weighted by atomic mass is 9.87. The first kappa shape index (κ1) is 16.2. The molecule has 1 aliphatic heterocycles. The number of fused-ring (bicyclic) bond motifs is 3. The van der Waals surface area contributed by atoms with Gasteiger partial charge in [0.2, 0.25) is 0 Å². The molecule has 7 heteroatoms. The van der Waals surface area contributed by atoms with Crippen molar-refractivity contribution in [1.29, 1.82) is 0 Å². The number of amides is 1. The number of carbonyl (C=O) groups is 1. The van der Waals surface area contributed by atoms with E-state index >= 15 is 0 Å².